The molecule has 16 heteroatoms. The van der Waals surface area contributed by atoms with Gasteiger partial charge >= 0.3 is 5.65 Å². The van der Waals surface area contributed by atoms with E-state index in [-0.39, 0.29) is 28.9 Å². The van der Waals surface area contributed by atoms with Crippen LogP contribution in [-0.4, -0.2) is 71.7 Å². The fourth-order valence-corrected chi connectivity index (χ4v) is 5.66. The van der Waals surface area contributed by atoms with Crippen molar-refractivity contribution in [2.45, 2.75) is 18.0 Å². The molecule has 0 spiro atoms. The molecule has 0 unspecified atom stereocenters. The number of aromatic nitrogens is 5. The Morgan fingerprint density at radius 1 is 1.46 bits per heavy atom. The van der Waals surface area contributed by atoms with Crippen LogP contribution in [0, 0.1) is 0 Å². The zero-order valence-electron chi connectivity index (χ0n) is 18.0. The topological polar surface area (TPSA) is 185 Å². The number of carbonyl (C=O) groups is 3. The van der Waals surface area contributed by atoms with E-state index in [9.17, 15) is 19.5 Å². The van der Waals surface area contributed by atoms with Crippen LogP contribution in [0.4, 0.5) is 5.13 Å². The number of hydrogen-bond acceptors (Lipinski definition) is 12. The predicted octanol–water partition coefficient (Wildman–Crippen LogP) is -2.49. The third kappa shape index (κ3) is 3.95. The van der Waals surface area contributed by atoms with Crippen molar-refractivity contribution in [3.8, 4) is 0 Å². The number of thioether (sulfide) groups is 1. The van der Waals surface area contributed by atoms with E-state index in [1.165, 1.54) is 18.9 Å². The highest BCUT2D eigenvalue weighted by Gasteiger charge is 2.53. The normalized spacial score (nSPS) is 20.0. The number of rotatable bonds is 7. The number of amides is 2. The van der Waals surface area contributed by atoms with Gasteiger partial charge in [0.1, 0.15) is 31.3 Å². The number of nitrogens with one attached hydrogen (secondary N) is 1. The van der Waals surface area contributed by atoms with Crippen LogP contribution in [0.25, 0.3) is 5.65 Å². The monoisotopic (exact) mass is 515 g/mol. The first-order chi connectivity index (χ1) is 16.9. The van der Waals surface area contributed by atoms with Crippen LogP contribution in [0.15, 0.2) is 47.1 Å². The van der Waals surface area contributed by atoms with Crippen molar-refractivity contribution in [2.75, 3.05) is 18.6 Å². The fourth-order valence-electron chi connectivity index (χ4n) is 3.89. The molecule has 0 aliphatic carbocycles. The number of nitrogens with zero attached hydrogens (tertiary/aromatic N) is 7. The smallest absolute Gasteiger partial charge is 0.307 e. The summed E-state index contributed by atoms with van der Waals surface area (Å²) in [5, 5.41) is 22.0. The zero-order chi connectivity index (χ0) is 24.7. The van der Waals surface area contributed by atoms with E-state index in [0.717, 1.165) is 22.1 Å². The molecule has 0 saturated carbocycles. The van der Waals surface area contributed by atoms with Crippen LogP contribution in [0.5, 0.6) is 0 Å². The predicted molar refractivity (Wildman–Crippen MR) is 120 cm³/mol. The van der Waals surface area contributed by atoms with Crippen molar-refractivity contribution >= 4 is 57.6 Å². The van der Waals surface area contributed by atoms with Crippen LogP contribution in [-0.2, 0) is 25.8 Å². The lowest BCUT2D eigenvalue weighted by molar-refractivity contribution is -0.579. The summed E-state index contributed by atoms with van der Waals surface area (Å²) in [5.41, 5.74) is 6.39. The number of nitrogen functional groups attached to an aromatic ring is 1. The van der Waals surface area contributed by atoms with Gasteiger partial charge in [0.2, 0.25) is 11.5 Å². The molecule has 0 bridgehead atoms. The molecule has 2 aliphatic rings. The number of aliphatic carboxylic acids is 1. The fraction of sp³-hybridized carbons (Fsp3) is 0.263. The SMILES string of the molecule is CO/N=C(/C(=O)N[C@@H]1C(=O)N2C(C(=O)[O-])=C(Cn3cc[n+]4ncccc34)CS[C@H]12)c1nsc(N)n1. The molecule has 2 atom stereocenters. The van der Waals surface area contributed by atoms with E-state index < -0.39 is 29.2 Å². The highest BCUT2D eigenvalue weighted by atomic mass is 32.2. The molecule has 3 N–H and O–H groups in total. The zero-order valence-corrected chi connectivity index (χ0v) is 19.7. The first-order valence-electron chi connectivity index (χ1n) is 10.1. The minimum Gasteiger partial charge on any atom is -0.543 e. The number of anilines is 1. The maximum absolute atomic E-state index is 13.0. The molecule has 3 aromatic rings. The minimum atomic E-state index is -1.46. The number of fused-ring (bicyclic) bond motifs is 2. The first-order valence-corrected chi connectivity index (χ1v) is 11.9. The quantitative estimate of drug-likeness (QED) is 0.148. The molecule has 14 nitrogen and oxygen atoms in total. The lowest BCUT2D eigenvalue weighted by Crippen LogP contribution is -2.71. The van der Waals surface area contributed by atoms with Gasteiger partial charge in [-0.15, -0.1) is 16.3 Å². The number of hydrogen-bond donors (Lipinski definition) is 2. The lowest BCUT2D eigenvalue weighted by atomic mass is 10.0. The maximum atomic E-state index is 13.0. The molecule has 2 aliphatic heterocycles. The Balaban J connectivity index is 1.37. The molecule has 0 radical (unpaired) electrons. The average molecular weight is 516 g/mol. The van der Waals surface area contributed by atoms with E-state index in [2.05, 4.69) is 24.9 Å². The lowest BCUT2D eigenvalue weighted by Gasteiger charge is -2.50. The summed E-state index contributed by atoms with van der Waals surface area (Å²) >= 11 is 2.21. The number of carbonyl (C=O) groups excluding carboxylic acids is 3. The number of carboxylic acids is 1. The van der Waals surface area contributed by atoms with Crippen LogP contribution in [0.2, 0.25) is 0 Å². The van der Waals surface area contributed by atoms with Crippen molar-refractivity contribution in [1.82, 2.24) is 29.2 Å². The Labute approximate surface area is 205 Å². The van der Waals surface area contributed by atoms with Crippen LogP contribution < -0.4 is 20.7 Å². The van der Waals surface area contributed by atoms with Gasteiger partial charge in [-0.2, -0.15) is 9.36 Å². The van der Waals surface area contributed by atoms with E-state index in [0.29, 0.717) is 11.3 Å². The van der Waals surface area contributed by atoms with Gasteiger partial charge in [-0.25, -0.2) is 4.57 Å². The van der Waals surface area contributed by atoms with Gasteiger partial charge in [-0.1, -0.05) is 10.3 Å². The largest absolute Gasteiger partial charge is 0.543 e. The first kappa shape index (κ1) is 22.7. The number of nitrogens with two attached hydrogens (primary N) is 1. The number of imidazole rings is 1. The summed E-state index contributed by atoms with van der Waals surface area (Å²) in [6, 6.07) is 2.64. The van der Waals surface area contributed by atoms with Gasteiger partial charge in [0.05, 0.1) is 17.9 Å². The Morgan fingerprint density at radius 3 is 3.00 bits per heavy atom. The minimum absolute atomic E-state index is 0.0457. The summed E-state index contributed by atoms with van der Waals surface area (Å²) in [5.74, 6) is -2.53. The van der Waals surface area contributed by atoms with Crippen LogP contribution >= 0.6 is 23.3 Å². The van der Waals surface area contributed by atoms with Gasteiger partial charge < -0.3 is 25.8 Å². The van der Waals surface area contributed by atoms with Gasteiger partial charge in [0.15, 0.2) is 11.3 Å². The van der Waals surface area contributed by atoms with Crippen molar-refractivity contribution < 1.29 is 28.8 Å². The highest BCUT2D eigenvalue weighted by Crippen LogP contribution is 2.40. The number of β-lactam (4-membered cyclic amide) rings is 1. The molecule has 5 heterocycles. The summed E-state index contributed by atoms with van der Waals surface area (Å²) in [7, 11) is 1.25. The molecular formula is C19H17N9O5S2. The van der Waals surface area contributed by atoms with E-state index in [1.54, 1.807) is 29.2 Å². The summed E-state index contributed by atoms with van der Waals surface area (Å²) < 4.78 is 7.43. The number of oxime groups is 1. The van der Waals surface area contributed by atoms with Gasteiger partial charge in [-0.05, 0) is 6.07 Å². The molecule has 3 aromatic heterocycles. The van der Waals surface area contributed by atoms with Crippen molar-refractivity contribution in [2.24, 2.45) is 5.16 Å². The van der Waals surface area contributed by atoms with Crippen molar-refractivity contribution in [1.29, 1.82) is 0 Å². The van der Waals surface area contributed by atoms with Gasteiger partial charge in [0, 0.05) is 28.9 Å². The summed E-state index contributed by atoms with van der Waals surface area (Å²) in [6.07, 6.45) is 5.16. The molecule has 1 saturated heterocycles. The molecule has 180 valence electrons. The Morgan fingerprint density at radius 2 is 2.29 bits per heavy atom. The maximum Gasteiger partial charge on any atom is 0.307 e. The number of carboxylic acid groups (broad SMARTS) is 1. The van der Waals surface area contributed by atoms with Crippen molar-refractivity contribution in [3.05, 3.63) is 47.8 Å². The second-order valence-corrected chi connectivity index (χ2v) is 9.32. The van der Waals surface area contributed by atoms with Crippen LogP contribution in [0.3, 0.4) is 0 Å². The molecule has 0 aromatic carbocycles. The van der Waals surface area contributed by atoms with E-state index >= 15 is 0 Å². The van der Waals surface area contributed by atoms with E-state index in [1.807, 2.05) is 10.6 Å². The standard InChI is InChI=1S/C19H17N9O5S2/c1-33-24-11(14-23-19(20)35-25-14)15(29)22-12-16(30)28-13(18(31)32)9(8-34-17(12)28)7-26-5-6-27-10(26)3-2-4-21-27/h2-6,12,17H,7-8H2,1H3,(H3-,20,22,23,25,29,31,32)/b24-11+/t12-,17-/m1/s1. The van der Waals surface area contributed by atoms with Crippen LogP contribution in [0.1, 0.15) is 5.82 Å². The Kier molecular flexibility index (Phi) is 5.81. The molecule has 1 fully saturated rings. The van der Waals surface area contributed by atoms with E-state index in [4.69, 9.17) is 10.6 Å². The third-order valence-corrected chi connectivity index (χ3v) is 7.26. The highest BCUT2D eigenvalue weighted by molar-refractivity contribution is 8.00. The molecule has 35 heavy (non-hydrogen) atoms. The van der Waals surface area contributed by atoms with Gasteiger partial charge in [-0.3, -0.25) is 14.5 Å². The second-order valence-electron chi connectivity index (χ2n) is 7.43. The van der Waals surface area contributed by atoms with Gasteiger partial charge in [0.25, 0.3) is 11.8 Å². The van der Waals surface area contributed by atoms with Crippen molar-refractivity contribution in [3.63, 3.8) is 0 Å². The second kappa shape index (κ2) is 8.95. The summed E-state index contributed by atoms with van der Waals surface area (Å²) in [6.45, 7) is 0.230. The third-order valence-electron chi connectivity index (χ3n) is 5.38. The summed E-state index contributed by atoms with van der Waals surface area (Å²) in [4.78, 5) is 47.6. The molecular weight excluding hydrogens is 498 g/mol. The molecule has 5 rings (SSSR count). The average Bonchev–Trinajstić information content (AvgIpc) is 3.46. The molecule has 2 amide bonds. The Hall–Kier alpha value is -4.05. The Bertz CT molecular complexity index is 1410.